The molecule has 0 aromatic heterocycles. The number of methoxy groups -OCH3 is 1. The Morgan fingerprint density at radius 1 is 1.19 bits per heavy atom. The van der Waals surface area contributed by atoms with Crippen molar-refractivity contribution in [2.24, 2.45) is 11.8 Å². The summed E-state index contributed by atoms with van der Waals surface area (Å²) < 4.78 is 4.62. The van der Waals surface area contributed by atoms with Gasteiger partial charge in [-0.05, 0) is 18.3 Å². The number of alkyl carbamates (subject to hydrolysis) is 1. The van der Waals surface area contributed by atoms with Crippen LogP contribution in [0.5, 0.6) is 0 Å². The lowest BCUT2D eigenvalue weighted by atomic mass is 9.92. The van der Waals surface area contributed by atoms with E-state index in [1.165, 1.54) is 7.11 Å². The Balaban J connectivity index is 5.07. The van der Waals surface area contributed by atoms with Gasteiger partial charge in [-0.25, -0.2) is 4.79 Å². The van der Waals surface area contributed by atoms with Gasteiger partial charge in [0.15, 0.2) is 0 Å². The molecule has 3 unspecified atom stereocenters. The Bertz CT molecular complexity index is 331. The van der Waals surface area contributed by atoms with E-state index in [0.717, 1.165) is 19.3 Å². The Morgan fingerprint density at radius 2 is 1.76 bits per heavy atom. The molecule has 0 aromatic carbocycles. The number of nitrogens with one attached hydrogen (secondary N) is 1. The maximum absolute atomic E-state index is 12.7. The van der Waals surface area contributed by atoms with Crippen molar-refractivity contribution >= 4 is 12.0 Å². The topological polar surface area (TPSA) is 58.6 Å². The molecule has 5 nitrogen and oxygen atoms in total. The van der Waals surface area contributed by atoms with E-state index in [-0.39, 0.29) is 17.9 Å². The van der Waals surface area contributed by atoms with Crippen LogP contribution in [0.2, 0.25) is 0 Å². The summed E-state index contributed by atoms with van der Waals surface area (Å²) in [6.07, 6.45) is 2.47. The van der Waals surface area contributed by atoms with Crippen LogP contribution >= 0.6 is 0 Å². The molecule has 0 aliphatic heterocycles. The molecule has 0 aliphatic carbocycles. The highest BCUT2D eigenvalue weighted by molar-refractivity contribution is 5.86. The van der Waals surface area contributed by atoms with E-state index in [0.29, 0.717) is 5.92 Å². The SMILES string of the molecule is CCCC(C(C)CC)N(C)C(=O)C(NC(=O)OC)C(C)C. The molecule has 2 amide bonds. The van der Waals surface area contributed by atoms with Crippen LogP contribution in [-0.4, -0.2) is 43.1 Å². The van der Waals surface area contributed by atoms with Crippen LogP contribution in [0.4, 0.5) is 4.79 Å². The van der Waals surface area contributed by atoms with Crippen LogP contribution in [0.1, 0.15) is 53.9 Å². The molecule has 0 heterocycles. The Labute approximate surface area is 129 Å². The number of rotatable bonds is 8. The third-order valence-corrected chi connectivity index (χ3v) is 4.12. The first-order chi connectivity index (χ1) is 9.79. The summed E-state index contributed by atoms with van der Waals surface area (Å²) in [5, 5.41) is 2.65. The molecule has 0 aliphatic rings. The summed E-state index contributed by atoms with van der Waals surface area (Å²) in [4.78, 5) is 26.0. The number of carbonyl (C=O) groups excluding carboxylic acids is 2. The summed E-state index contributed by atoms with van der Waals surface area (Å²) in [6, 6.07) is -0.348. The van der Waals surface area contributed by atoms with Crippen molar-refractivity contribution in [1.29, 1.82) is 0 Å². The fraction of sp³-hybridized carbons (Fsp3) is 0.875. The van der Waals surface area contributed by atoms with E-state index >= 15 is 0 Å². The van der Waals surface area contributed by atoms with Crippen LogP contribution in [0, 0.1) is 11.8 Å². The molecule has 0 rings (SSSR count). The summed E-state index contributed by atoms with van der Waals surface area (Å²) in [5.41, 5.74) is 0. The number of ether oxygens (including phenoxy) is 1. The van der Waals surface area contributed by atoms with Gasteiger partial charge in [-0.3, -0.25) is 4.79 Å². The highest BCUT2D eigenvalue weighted by atomic mass is 16.5. The largest absolute Gasteiger partial charge is 0.453 e. The average Bonchev–Trinajstić information content (AvgIpc) is 2.47. The second kappa shape index (κ2) is 9.64. The van der Waals surface area contributed by atoms with Crippen LogP contribution < -0.4 is 5.32 Å². The standard InChI is InChI=1S/C16H32N2O3/c1-8-10-13(12(5)9-2)18(6)15(19)14(11(3)4)17-16(20)21-7/h11-14H,8-10H2,1-7H3,(H,17,20). The van der Waals surface area contributed by atoms with Crippen molar-refractivity contribution < 1.29 is 14.3 Å². The minimum absolute atomic E-state index is 0.0123. The lowest BCUT2D eigenvalue weighted by Crippen LogP contribution is -2.53. The molecule has 5 heteroatoms. The quantitative estimate of drug-likeness (QED) is 0.749. The molecule has 0 saturated carbocycles. The van der Waals surface area contributed by atoms with Crippen molar-refractivity contribution in [3.63, 3.8) is 0 Å². The molecular weight excluding hydrogens is 268 g/mol. The third kappa shape index (κ3) is 5.94. The van der Waals surface area contributed by atoms with Gasteiger partial charge in [-0.15, -0.1) is 0 Å². The van der Waals surface area contributed by atoms with Crippen LogP contribution in [-0.2, 0) is 9.53 Å². The van der Waals surface area contributed by atoms with E-state index in [1.54, 1.807) is 4.90 Å². The van der Waals surface area contributed by atoms with E-state index in [1.807, 2.05) is 20.9 Å². The summed E-state index contributed by atoms with van der Waals surface area (Å²) in [6.45, 7) is 10.3. The lowest BCUT2D eigenvalue weighted by molar-refractivity contribution is -0.136. The molecule has 0 spiro atoms. The van der Waals surface area contributed by atoms with Gasteiger partial charge >= 0.3 is 6.09 Å². The highest BCUT2D eigenvalue weighted by Gasteiger charge is 2.32. The Morgan fingerprint density at radius 3 is 2.14 bits per heavy atom. The van der Waals surface area contributed by atoms with Crippen LogP contribution in [0.15, 0.2) is 0 Å². The smallest absolute Gasteiger partial charge is 0.407 e. The van der Waals surface area contributed by atoms with Crippen molar-refractivity contribution in [2.75, 3.05) is 14.2 Å². The van der Waals surface area contributed by atoms with Crippen molar-refractivity contribution in [2.45, 2.75) is 66.0 Å². The van der Waals surface area contributed by atoms with E-state index in [4.69, 9.17) is 0 Å². The fourth-order valence-corrected chi connectivity index (χ4v) is 2.51. The van der Waals surface area contributed by atoms with Crippen molar-refractivity contribution in [3.05, 3.63) is 0 Å². The lowest BCUT2D eigenvalue weighted by Gasteiger charge is -2.35. The van der Waals surface area contributed by atoms with Crippen LogP contribution in [0.25, 0.3) is 0 Å². The molecule has 0 saturated heterocycles. The number of carbonyl (C=O) groups is 2. The predicted molar refractivity (Wildman–Crippen MR) is 85.1 cm³/mol. The summed E-state index contributed by atoms with van der Waals surface area (Å²) in [7, 11) is 3.14. The number of likely N-dealkylation sites (N-methyl/N-ethyl adjacent to an activating group) is 1. The van der Waals surface area contributed by atoms with Crippen molar-refractivity contribution in [1.82, 2.24) is 10.2 Å². The van der Waals surface area contributed by atoms with Crippen LogP contribution in [0.3, 0.4) is 0 Å². The zero-order valence-corrected chi connectivity index (χ0v) is 14.6. The molecule has 0 aromatic rings. The number of amides is 2. The second-order valence-corrected chi connectivity index (χ2v) is 6.05. The first kappa shape index (κ1) is 19.7. The zero-order chi connectivity index (χ0) is 16.6. The number of hydrogen-bond donors (Lipinski definition) is 1. The third-order valence-electron chi connectivity index (χ3n) is 4.12. The van der Waals surface area contributed by atoms with Gasteiger partial charge in [0.2, 0.25) is 5.91 Å². The summed E-state index contributed by atoms with van der Waals surface area (Å²) in [5.74, 6) is 0.400. The van der Waals surface area contributed by atoms with E-state index in [2.05, 4.69) is 30.8 Å². The van der Waals surface area contributed by atoms with Gasteiger partial charge in [0.1, 0.15) is 6.04 Å². The molecule has 0 fully saturated rings. The average molecular weight is 300 g/mol. The Kier molecular flexibility index (Phi) is 9.06. The van der Waals surface area contributed by atoms with Gasteiger partial charge in [-0.2, -0.15) is 0 Å². The normalized spacial score (nSPS) is 15.2. The van der Waals surface area contributed by atoms with Gasteiger partial charge in [0.25, 0.3) is 0 Å². The maximum Gasteiger partial charge on any atom is 0.407 e. The van der Waals surface area contributed by atoms with Crippen molar-refractivity contribution in [3.8, 4) is 0 Å². The van der Waals surface area contributed by atoms with Gasteiger partial charge < -0.3 is 15.0 Å². The monoisotopic (exact) mass is 300 g/mol. The fourth-order valence-electron chi connectivity index (χ4n) is 2.51. The second-order valence-electron chi connectivity index (χ2n) is 6.05. The minimum Gasteiger partial charge on any atom is -0.453 e. The molecule has 1 N–H and O–H groups in total. The van der Waals surface area contributed by atoms with Gasteiger partial charge in [0, 0.05) is 13.1 Å². The number of hydrogen-bond acceptors (Lipinski definition) is 3. The number of nitrogens with zero attached hydrogens (tertiary/aromatic N) is 1. The predicted octanol–water partition coefficient (Wildman–Crippen LogP) is 3.04. The van der Waals surface area contributed by atoms with E-state index < -0.39 is 12.1 Å². The molecule has 3 atom stereocenters. The molecular formula is C16H32N2O3. The van der Waals surface area contributed by atoms with E-state index in [9.17, 15) is 9.59 Å². The summed E-state index contributed by atoms with van der Waals surface area (Å²) >= 11 is 0. The first-order valence-corrected chi connectivity index (χ1v) is 7.91. The Hall–Kier alpha value is -1.26. The first-order valence-electron chi connectivity index (χ1n) is 7.91. The molecule has 124 valence electrons. The minimum atomic E-state index is -0.564. The molecule has 0 radical (unpaired) electrons. The molecule has 0 bridgehead atoms. The van der Waals surface area contributed by atoms with Gasteiger partial charge in [0.05, 0.1) is 7.11 Å². The molecule has 21 heavy (non-hydrogen) atoms. The van der Waals surface area contributed by atoms with Gasteiger partial charge in [-0.1, -0.05) is 47.5 Å². The highest BCUT2D eigenvalue weighted by Crippen LogP contribution is 2.20. The maximum atomic E-state index is 12.7. The zero-order valence-electron chi connectivity index (χ0n) is 14.6.